The Kier molecular flexibility index (Phi) is 3.84. The largest absolute Gasteiger partial charge is 0.344 e. The van der Waals surface area contributed by atoms with Gasteiger partial charge in [-0.1, -0.05) is 39.0 Å². The van der Waals surface area contributed by atoms with Crippen molar-refractivity contribution in [2.75, 3.05) is 11.4 Å². The molecule has 1 aromatic rings. The molecular formula is C16H22N2O2. The van der Waals surface area contributed by atoms with E-state index in [-0.39, 0.29) is 11.8 Å². The van der Waals surface area contributed by atoms with Gasteiger partial charge in [-0.15, -0.1) is 0 Å². The van der Waals surface area contributed by atoms with E-state index in [1.807, 2.05) is 45.0 Å². The summed E-state index contributed by atoms with van der Waals surface area (Å²) in [5, 5.41) is 2.80. The molecule has 0 radical (unpaired) electrons. The molecule has 1 unspecified atom stereocenters. The lowest BCUT2D eigenvalue weighted by Gasteiger charge is -2.25. The van der Waals surface area contributed by atoms with Crippen LogP contribution in [-0.4, -0.2) is 24.4 Å². The molecule has 0 saturated carbocycles. The van der Waals surface area contributed by atoms with Crippen molar-refractivity contribution >= 4 is 17.5 Å². The summed E-state index contributed by atoms with van der Waals surface area (Å²) in [6, 6.07) is 7.41. The van der Waals surface area contributed by atoms with Gasteiger partial charge in [-0.3, -0.25) is 9.59 Å². The number of nitrogens with zero attached hydrogens (tertiary/aromatic N) is 1. The van der Waals surface area contributed by atoms with Crippen LogP contribution in [-0.2, 0) is 16.0 Å². The number of nitrogens with one attached hydrogen (secondary N) is 1. The van der Waals surface area contributed by atoms with E-state index in [4.69, 9.17) is 0 Å². The van der Waals surface area contributed by atoms with E-state index in [0.29, 0.717) is 6.54 Å². The molecular weight excluding hydrogens is 252 g/mol. The topological polar surface area (TPSA) is 49.4 Å². The van der Waals surface area contributed by atoms with Gasteiger partial charge < -0.3 is 10.2 Å². The van der Waals surface area contributed by atoms with E-state index in [1.54, 1.807) is 11.8 Å². The van der Waals surface area contributed by atoms with Gasteiger partial charge >= 0.3 is 0 Å². The van der Waals surface area contributed by atoms with Crippen molar-refractivity contribution < 1.29 is 9.59 Å². The summed E-state index contributed by atoms with van der Waals surface area (Å²) in [5.41, 5.74) is 1.67. The first-order chi connectivity index (χ1) is 9.30. The Morgan fingerprint density at radius 1 is 1.25 bits per heavy atom. The van der Waals surface area contributed by atoms with Crippen LogP contribution >= 0.6 is 0 Å². The van der Waals surface area contributed by atoms with Crippen LogP contribution in [0.2, 0.25) is 0 Å². The molecule has 1 aliphatic rings. The molecule has 2 amide bonds. The van der Waals surface area contributed by atoms with E-state index in [2.05, 4.69) is 5.32 Å². The van der Waals surface area contributed by atoms with Crippen molar-refractivity contribution in [2.45, 2.75) is 40.2 Å². The van der Waals surface area contributed by atoms with Crippen molar-refractivity contribution in [2.24, 2.45) is 5.41 Å². The lowest BCUT2D eigenvalue weighted by atomic mass is 9.95. The number of benzene rings is 1. The number of para-hydroxylation sites is 1. The predicted octanol–water partition coefficient (Wildman–Crippen LogP) is 2.13. The standard InChI is InChI=1S/C16H22N2O2/c1-11(17-15(20)16(2,3)4)14(19)18-10-9-12-7-5-6-8-13(12)18/h5-8,11H,9-10H2,1-4H3,(H,17,20). The molecule has 1 aromatic carbocycles. The lowest BCUT2D eigenvalue weighted by molar-refractivity contribution is -0.132. The highest BCUT2D eigenvalue weighted by molar-refractivity contribution is 6.00. The minimum absolute atomic E-state index is 0.0486. The highest BCUT2D eigenvalue weighted by atomic mass is 16.2. The predicted molar refractivity (Wildman–Crippen MR) is 79.6 cm³/mol. The second kappa shape index (κ2) is 5.27. The van der Waals surface area contributed by atoms with Crippen molar-refractivity contribution in [3.63, 3.8) is 0 Å². The molecule has 4 nitrogen and oxygen atoms in total. The number of fused-ring (bicyclic) bond motifs is 1. The third-order valence-corrected chi connectivity index (χ3v) is 3.55. The molecule has 0 bridgehead atoms. The van der Waals surface area contributed by atoms with E-state index in [0.717, 1.165) is 12.1 Å². The summed E-state index contributed by atoms with van der Waals surface area (Å²) in [5.74, 6) is -0.154. The number of carbonyl (C=O) groups excluding carboxylic acids is 2. The van der Waals surface area contributed by atoms with Crippen LogP contribution in [0, 0.1) is 5.41 Å². The number of hydrogen-bond acceptors (Lipinski definition) is 2. The molecule has 0 spiro atoms. The van der Waals surface area contributed by atoms with Crippen LogP contribution in [0.4, 0.5) is 5.69 Å². The summed E-state index contributed by atoms with van der Waals surface area (Å²) < 4.78 is 0. The molecule has 0 aromatic heterocycles. The Bertz CT molecular complexity index is 532. The maximum Gasteiger partial charge on any atom is 0.249 e. The lowest BCUT2D eigenvalue weighted by Crippen LogP contribution is -2.49. The molecule has 0 fully saturated rings. The van der Waals surface area contributed by atoms with Crippen molar-refractivity contribution in [1.82, 2.24) is 5.32 Å². The summed E-state index contributed by atoms with van der Waals surface area (Å²) >= 11 is 0. The fourth-order valence-corrected chi connectivity index (χ4v) is 2.28. The van der Waals surface area contributed by atoms with Gasteiger partial charge in [0.25, 0.3) is 0 Å². The first kappa shape index (κ1) is 14.6. The summed E-state index contributed by atoms with van der Waals surface area (Å²) in [7, 11) is 0. The zero-order chi connectivity index (χ0) is 14.9. The second-order valence-corrected chi connectivity index (χ2v) is 6.31. The average Bonchev–Trinajstić information content (AvgIpc) is 2.80. The SMILES string of the molecule is CC(NC(=O)C(C)(C)C)C(=O)N1CCc2ccccc21. The average molecular weight is 274 g/mol. The van der Waals surface area contributed by atoms with E-state index < -0.39 is 11.5 Å². The molecule has 0 saturated heterocycles. The zero-order valence-electron chi connectivity index (χ0n) is 12.6. The van der Waals surface area contributed by atoms with Gasteiger partial charge in [-0.25, -0.2) is 0 Å². The Balaban J connectivity index is 2.08. The van der Waals surface area contributed by atoms with Gasteiger partial charge in [-0.2, -0.15) is 0 Å². The molecule has 20 heavy (non-hydrogen) atoms. The second-order valence-electron chi connectivity index (χ2n) is 6.31. The third-order valence-electron chi connectivity index (χ3n) is 3.55. The van der Waals surface area contributed by atoms with Gasteiger partial charge in [-0.05, 0) is 25.0 Å². The molecule has 2 rings (SSSR count). The normalized spacial score (nSPS) is 15.7. The molecule has 1 N–H and O–H groups in total. The molecule has 4 heteroatoms. The number of anilines is 1. The maximum atomic E-state index is 12.5. The summed E-state index contributed by atoms with van der Waals surface area (Å²) in [6.07, 6.45) is 0.877. The first-order valence-electron chi connectivity index (χ1n) is 7.01. The Morgan fingerprint density at radius 3 is 2.55 bits per heavy atom. The highest BCUT2D eigenvalue weighted by Crippen LogP contribution is 2.28. The van der Waals surface area contributed by atoms with Crippen LogP contribution in [0.1, 0.15) is 33.3 Å². The van der Waals surface area contributed by atoms with Crippen LogP contribution in [0.25, 0.3) is 0 Å². The molecule has 108 valence electrons. The van der Waals surface area contributed by atoms with E-state index >= 15 is 0 Å². The van der Waals surface area contributed by atoms with Crippen molar-refractivity contribution in [3.05, 3.63) is 29.8 Å². The van der Waals surface area contributed by atoms with Gasteiger partial charge in [0.05, 0.1) is 0 Å². The number of rotatable bonds is 2. The molecule has 1 aliphatic heterocycles. The monoisotopic (exact) mass is 274 g/mol. The minimum Gasteiger partial charge on any atom is -0.344 e. The van der Waals surface area contributed by atoms with Gasteiger partial charge in [0.15, 0.2) is 0 Å². The van der Waals surface area contributed by atoms with E-state index in [1.165, 1.54) is 5.56 Å². The third kappa shape index (κ3) is 2.84. The van der Waals surface area contributed by atoms with Crippen molar-refractivity contribution in [3.8, 4) is 0 Å². The molecule has 0 aliphatic carbocycles. The molecule has 1 atom stereocenters. The minimum atomic E-state index is -0.507. The smallest absolute Gasteiger partial charge is 0.249 e. The van der Waals surface area contributed by atoms with Crippen LogP contribution < -0.4 is 10.2 Å². The Labute approximate surface area is 120 Å². The number of amides is 2. The van der Waals surface area contributed by atoms with Crippen LogP contribution in [0.5, 0.6) is 0 Å². The quantitative estimate of drug-likeness (QED) is 0.898. The maximum absolute atomic E-state index is 12.5. The fourth-order valence-electron chi connectivity index (χ4n) is 2.28. The first-order valence-corrected chi connectivity index (χ1v) is 7.01. The summed E-state index contributed by atoms with van der Waals surface area (Å²) in [4.78, 5) is 26.2. The van der Waals surface area contributed by atoms with Crippen molar-refractivity contribution in [1.29, 1.82) is 0 Å². The number of hydrogen-bond donors (Lipinski definition) is 1. The Hall–Kier alpha value is -1.84. The highest BCUT2D eigenvalue weighted by Gasteiger charge is 2.30. The van der Waals surface area contributed by atoms with Crippen LogP contribution in [0.3, 0.4) is 0 Å². The Morgan fingerprint density at radius 2 is 1.90 bits per heavy atom. The van der Waals surface area contributed by atoms with Gasteiger partial charge in [0.1, 0.15) is 6.04 Å². The van der Waals surface area contributed by atoms with Gasteiger partial charge in [0.2, 0.25) is 11.8 Å². The van der Waals surface area contributed by atoms with E-state index in [9.17, 15) is 9.59 Å². The summed E-state index contributed by atoms with van der Waals surface area (Å²) in [6.45, 7) is 7.95. The number of carbonyl (C=O) groups is 2. The van der Waals surface area contributed by atoms with Crippen LogP contribution in [0.15, 0.2) is 24.3 Å². The van der Waals surface area contributed by atoms with Gasteiger partial charge in [0, 0.05) is 17.6 Å². The zero-order valence-corrected chi connectivity index (χ0v) is 12.6. The fraction of sp³-hybridized carbons (Fsp3) is 0.500. The molecule has 1 heterocycles.